The van der Waals surface area contributed by atoms with E-state index in [1.165, 1.54) is 5.32 Å². The molecule has 0 aliphatic rings. The van der Waals surface area contributed by atoms with Crippen LogP contribution in [0.3, 0.4) is 0 Å². The molecule has 0 heterocycles. The number of rotatable bonds is 6. The molecule has 0 saturated carbocycles. The molecule has 0 bridgehead atoms. The van der Waals surface area contributed by atoms with Gasteiger partial charge in [-0.05, 0) is 24.6 Å². The number of hydrogen-bond donors (Lipinski definition) is 2. The monoisotopic (exact) mass is 410 g/mol. The summed E-state index contributed by atoms with van der Waals surface area (Å²) in [6, 6.07) is 2.72. The third kappa shape index (κ3) is 5.07. The maximum atomic E-state index is 13.4. The minimum atomic E-state index is -5.88. The molecule has 1 rings (SSSR count). The average Bonchev–Trinajstić information content (AvgIpc) is 2.45. The molecule has 0 unspecified atom stereocenters. The van der Waals surface area contributed by atoms with Crippen molar-refractivity contribution in [3.05, 3.63) is 28.2 Å². The maximum absolute atomic E-state index is 13.4. The molecule has 1 aromatic carbocycles. The van der Waals surface area contributed by atoms with Gasteiger partial charge in [0.2, 0.25) is 5.91 Å². The quantitative estimate of drug-likeness (QED) is 0.477. The first-order chi connectivity index (χ1) is 11.3. The van der Waals surface area contributed by atoms with E-state index in [1.807, 2.05) is 0 Å². The summed E-state index contributed by atoms with van der Waals surface area (Å²) in [5, 5.41) is 2.07. The molecular weight excluding hydrogens is 397 g/mol. The number of nitrogens with one attached hydrogen (secondary N) is 2. The van der Waals surface area contributed by atoms with Gasteiger partial charge in [-0.2, -0.15) is 26.3 Å². The first-order valence-electron chi connectivity index (χ1n) is 7.01. The predicted octanol–water partition coefficient (Wildman–Crippen LogP) is 5.53. The molecular formula is C14H14Cl2F6N2O. The van der Waals surface area contributed by atoms with Crippen LogP contribution in [-0.2, 0) is 4.79 Å². The van der Waals surface area contributed by atoms with Crippen LogP contribution in [0.25, 0.3) is 0 Å². The molecule has 0 aliphatic heterocycles. The van der Waals surface area contributed by atoms with E-state index in [4.69, 9.17) is 23.2 Å². The van der Waals surface area contributed by atoms with Gasteiger partial charge in [0.25, 0.3) is 0 Å². The minimum absolute atomic E-state index is 0.0520. The van der Waals surface area contributed by atoms with Gasteiger partial charge in [0.05, 0.1) is 10.0 Å². The van der Waals surface area contributed by atoms with E-state index < -0.39 is 36.0 Å². The summed E-state index contributed by atoms with van der Waals surface area (Å²) in [6.45, 7) is 1.64. The third-order valence-electron chi connectivity index (χ3n) is 3.19. The zero-order chi connectivity index (χ0) is 19.5. The maximum Gasteiger partial charge on any atom is 0.439 e. The molecule has 2 N–H and O–H groups in total. The van der Waals surface area contributed by atoms with Crippen LogP contribution in [0.5, 0.6) is 0 Å². The standard InChI is InChI=1S/C14H14Cl2F6N2O/c1-2-3-4-11(25)24-12(13(17,18)19,14(20,21)22)23-8-5-6-9(15)10(16)7-8/h5-7,23H,2-4H2,1H3,(H,24,25). The Balaban J connectivity index is 3.33. The van der Waals surface area contributed by atoms with E-state index in [-0.39, 0.29) is 16.5 Å². The van der Waals surface area contributed by atoms with Crippen molar-refractivity contribution in [3.63, 3.8) is 0 Å². The molecule has 0 aromatic heterocycles. The molecule has 1 amide bonds. The number of hydrogen-bond acceptors (Lipinski definition) is 2. The normalized spacial score (nSPS) is 12.8. The van der Waals surface area contributed by atoms with Crippen LogP contribution < -0.4 is 10.6 Å². The largest absolute Gasteiger partial charge is 0.439 e. The van der Waals surface area contributed by atoms with Gasteiger partial charge >= 0.3 is 18.0 Å². The Hall–Kier alpha value is -1.35. The van der Waals surface area contributed by atoms with Crippen LogP contribution in [-0.4, -0.2) is 23.9 Å². The van der Waals surface area contributed by atoms with E-state index in [1.54, 1.807) is 6.92 Å². The highest BCUT2D eigenvalue weighted by Gasteiger charge is 2.72. The van der Waals surface area contributed by atoms with Crippen molar-refractivity contribution in [1.82, 2.24) is 5.32 Å². The molecule has 0 radical (unpaired) electrons. The molecule has 25 heavy (non-hydrogen) atoms. The van der Waals surface area contributed by atoms with Crippen molar-refractivity contribution in [2.75, 3.05) is 5.32 Å². The second-order valence-corrected chi connectivity index (χ2v) is 5.97. The van der Waals surface area contributed by atoms with Gasteiger partial charge in [0.15, 0.2) is 0 Å². The molecule has 0 saturated heterocycles. The molecule has 0 spiro atoms. The number of halogens is 8. The van der Waals surface area contributed by atoms with Crippen LogP contribution in [0.15, 0.2) is 18.2 Å². The van der Waals surface area contributed by atoms with Crippen molar-refractivity contribution < 1.29 is 31.1 Å². The van der Waals surface area contributed by atoms with E-state index in [2.05, 4.69) is 0 Å². The van der Waals surface area contributed by atoms with E-state index in [0.717, 1.165) is 23.5 Å². The summed E-state index contributed by atoms with van der Waals surface area (Å²) in [4.78, 5) is 11.6. The number of alkyl halides is 6. The van der Waals surface area contributed by atoms with Gasteiger partial charge in [-0.1, -0.05) is 36.5 Å². The zero-order valence-electron chi connectivity index (χ0n) is 12.8. The van der Waals surface area contributed by atoms with Crippen LogP contribution in [0.4, 0.5) is 32.0 Å². The topological polar surface area (TPSA) is 41.1 Å². The number of carbonyl (C=O) groups excluding carboxylic acids is 1. The molecule has 1 aromatic rings. The molecule has 142 valence electrons. The Morgan fingerprint density at radius 1 is 1.04 bits per heavy atom. The Morgan fingerprint density at radius 3 is 2.04 bits per heavy atom. The van der Waals surface area contributed by atoms with Crippen molar-refractivity contribution in [2.45, 2.75) is 44.2 Å². The van der Waals surface area contributed by atoms with E-state index in [0.29, 0.717) is 6.42 Å². The van der Waals surface area contributed by atoms with E-state index in [9.17, 15) is 31.1 Å². The fourth-order valence-electron chi connectivity index (χ4n) is 1.87. The van der Waals surface area contributed by atoms with Gasteiger partial charge in [0, 0.05) is 12.1 Å². The van der Waals surface area contributed by atoms with E-state index >= 15 is 0 Å². The Bertz CT molecular complexity index is 604. The number of carbonyl (C=O) groups is 1. The number of amides is 1. The van der Waals surface area contributed by atoms with Gasteiger partial charge in [0.1, 0.15) is 0 Å². The molecule has 11 heteroatoms. The minimum Gasteiger partial charge on any atom is -0.348 e. The lowest BCUT2D eigenvalue weighted by atomic mass is 10.1. The molecule has 0 fully saturated rings. The summed E-state index contributed by atoms with van der Waals surface area (Å²) < 4.78 is 80.2. The highest BCUT2D eigenvalue weighted by atomic mass is 35.5. The predicted molar refractivity (Wildman–Crippen MR) is 82.6 cm³/mol. The highest BCUT2D eigenvalue weighted by Crippen LogP contribution is 2.44. The summed E-state index contributed by atoms with van der Waals surface area (Å²) in [5.74, 6) is -1.39. The molecule has 0 atom stereocenters. The fourth-order valence-corrected chi connectivity index (χ4v) is 2.17. The summed E-state index contributed by atoms with van der Waals surface area (Å²) in [5.41, 5.74) is -5.28. The van der Waals surface area contributed by atoms with Gasteiger partial charge in [-0.15, -0.1) is 0 Å². The summed E-state index contributed by atoms with van der Waals surface area (Å²) in [7, 11) is 0. The Morgan fingerprint density at radius 2 is 1.60 bits per heavy atom. The summed E-state index contributed by atoms with van der Waals surface area (Å²) in [6.07, 6.45) is -11.7. The third-order valence-corrected chi connectivity index (χ3v) is 3.93. The van der Waals surface area contributed by atoms with Crippen molar-refractivity contribution in [2.24, 2.45) is 0 Å². The first-order valence-corrected chi connectivity index (χ1v) is 7.77. The average molecular weight is 411 g/mol. The zero-order valence-corrected chi connectivity index (χ0v) is 14.3. The van der Waals surface area contributed by atoms with Crippen LogP contribution in [0, 0.1) is 0 Å². The Kier molecular flexibility index (Phi) is 6.86. The first kappa shape index (κ1) is 21.7. The van der Waals surface area contributed by atoms with Crippen LogP contribution in [0.1, 0.15) is 26.2 Å². The number of unbranched alkanes of at least 4 members (excludes halogenated alkanes) is 1. The van der Waals surface area contributed by atoms with Crippen molar-refractivity contribution in [1.29, 1.82) is 0 Å². The van der Waals surface area contributed by atoms with Gasteiger partial charge in [-0.25, -0.2) is 0 Å². The lowest BCUT2D eigenvalue weighted by Gasteiger charge is -2.39. The second kappa shape index (κ2) is 7.90. The molecule has 0 aliphatic carbocycles. The second-order valence-electron chi connectivity index (χ2n) is 5.15. The summed E-state index contributed by atoms with van der Waals surface area (Å²) >= 11 is 11.2. The number of anilines is 1. The smallest absolute Gasteiger partial charge is 0.348 e. The van der Waals surface area contributed by atoms with Gasteiger partial charge in [-0.3, -0.25) is 4.79 Å². The van der Waals surface area contributed by atoms with Crippen LogP contribution >= 0.6 is 23.2 Å². The number of benzene rings is 1. The van der Waals surface area contributed by atoms with Gasteiger partial charge < -0.3 is 10.6 Å². The SMILES string of the molecule is CCCCC(=O)NC(Nc1ccc(Cl)c(Cl)c1)(C(F)(F)F)C(F)(F)F. The van der Waals surface area contributed by atoms with Crippen molar-refractivity contribution >= 4 is 34.8 Å². The van der Waals surface area contributed by atoms with Crippen molar-refractivity contribution in [3.8, 4) is 0 Å². The fraction of sp³-hybridized carbons (Fsp3) is 0.500. The Labute approximate surface area is 149 Å². The lowest BCUT2D eigenvalue weighted by molar-refractivity contribution is -0.295. The highest BCUT2D eigenvalue weighted by molar-refractivity contribution is 6.42. The molecule has 3 nitrogen and oxygen atoms in total. The van der Waals surface area contributed by atoms with Crippen LogP contribution in [0.2, 0.25) is 10.0 Å². The lowest BCUT2D eigenvalue weighted by Crippen LogP contribution is -2.72.